The molecule has 250 valence electrons. The van der Waals surface area contributed by atoms with Gasteiger partial charge < -0.3 is 9.32 Å². The third-order valence-corrected chi connectivity index (χ3v) is 11.6. The normalized spacial score (nSPS) is 13.2. The van der Waals surface area contributed by atoms with Crippen molar-refractivity contribution >= 4 is 71.3 Å². The molecule has 0 atom stereocenters. The van der Waals surface area contributed by atoms with E-state index in [1.807, 2.05) is 6.07 Å². The lowest BCUT2D eigenvalue weighted by Crippen LogP contribution is -2.16. The predicted molar refractivity (Wildman–Crippen MR) is 224 cm³/mol. The molecule has 0 radical (unpaired) electrons. The zero-order chi connectivity index (χ0) is 35.3. The van der Waals surface area contributed by atoms with Crippen molar-refractivity contribution in [2.45, 2.75) is 19.3 Å². The highest BCUT2D eigenvalue weighted by molar-refractivity contribution is 6.15. The van der Waals surface area contributed by atoms with Crippen molar-refractivity contribution in [2.24, 2.45) is 0 Å². The standard InChI is InChI=1S/C51H35NO/c1-51(2)44-27-26-36(31-43(44)42-29-34-15-3-4-16-35(34)30-45(42)51)52(47-23-12-22-41-39-20-9-10-24-48(39)53-50(41)47)46-28-25-33-14-6-8-19-38(33)49(46)40-21-11-17-32-13-5-7-18-37(32)40/h3-31H,1-2H3. The van der Waals surface area contributed by atoms with Crippen LogP contribution >= 0.6 is 0 Å². The Morgan fingerprint density at radius 2 is 1.04 bits per heavy atom. The van der Waals surface area contributed by atoms with E-state index in [4.69, 9.17) is 4.42 Å². The number of hydrogen-bond donors (Lipinski definition) is 0. The zero-order valence-corrected chi connectivity index (χ0v) is 29.6. The fourth-order valence-corrected chi connectivity index (χ4v) is 9.05. The Labute approximate surface area is 308 Å². The monoisotopic (exact) mass is 677 g/mol. The Morgan fingerprint density at radius 1 is 0.415 bits per heavy atom. The van der Waals surface area contributed by atoms with Crippen LogP contribution in [-0.4, -0.2) is 0 Å². The van der Waals surface area contributed by atoms with E-state index in [0.717, 1.165) is 39.0 Å². The van der Waals surface area contributed by atoms with Crippen LogP contribution in [0, 0.1) is 0 Å². The summed E-state index contributed by atoms with van der Waals surface area (Å²) in [7, 11) is 0. The molecule has 1 aromatic heterocycles. The van der Waals surface area contributed by atoms with E-state index in [2.05, 4.69) is 189 Å². The van der Waals surface area contributed by atoms with E-state index < -0.39 is 0 Å². The molecule has 1 heterocycles. The second-order valence-corrected chi connectivity index (χ2v) is 14.9. The molecule has 1 aliphatic carbocycles. The number of nitrogens with zero attached hydrogens (tertiary/aromatic N) is 1. The van der Waals surface area contributed by atoms with Crippen LogP contribution in [-0.2, 0) is 5.41 Å². The summed E-state index contributed by atoms with van der Waals surface area (Å²) >= 11 is 0. The summed E-state index contributed by atoms with van der Waals surface area (Å²) in [6.45, 7) is 4.72. The average Bonchev–Trinajstić information content (AvgIpc) is 3.69. The Morgan fingerprint density at radius 3 is 1.87 bits per heavy atom. The van der Waals surface area contributed by atoms with Gasteiger partial charge in [0.15, 0.2) is 5.58 Å². The molecule has 0 saturated heterocycles. The highest BCUT2D eigenvalue weighted by Crippen LogP contribution is 2.54. The van der Waals surface area contributed by atoms with Crippen molar-refractivity contribution in [3.8, 4) is 22.3 Å². The zero-order valence-electron chi connectivity index (χ0n) is 29.6. The number of benzene rings is 9. The molecule has 0 amide bonds. The van der Waals surface area contributed by atoms with Gasteiger partial charge in [-0.1, -0.05) is 147 Å². The Hall–Kier alpha value is -6.64. The second kappa shape index (κ2) is 11.2. The quantitative estimate of drug-likeness (QED) is 0.184. The van der Waals surface area contributed by atoms with E-state index >= 15 is 0 Å². The molecule has 0 bridgehead atoms. The van der Waals surface area contributed by atoms with Gasteiger partial charge in [-0.05, 0) is 103 Å². The molecule has 0 N–H and O–H groups in total. The molecule has 0 saturated carbocycles. The highest BCUT2D eigenvalue weighted by Gasteiger charge is 2.36. The molecular weight excluding hydrogens is 643 g/mol. The number of hydrogen-bond acceptors (Lipinski definition) is 2. The molecule has 1 aliphatic rings. The van der Waals surface area contributed by atoms with Crippen LogP contribution in [0.3, 0.4) is 0 Å². The van der Waals surface area contributed by atoms with Crippen LogP contribution in [0.2, 0.25) is 0 Å². The molecule has 2 heteroatoms. The maximum atomic E-state index is 6.80. The average molecular weight is 678 g/mol. The molecule has 0 spiro atoms. The van der Waals surface area contributed by atoms with Crippen molar-refractivity contribution < 1.29 is 4.42 Å². The number of anilines is 3. The Balaban J connectivity index is 1.25. The molecule has 10 aromatic rings. The number of rotatable bonds is 4. The molecule has 0 fully saturated rings. The van der Waals surface area contributed by atoms with Gasteiger partial charge in [-0.25, -0.2) is 0 Å². The molecule has 0 aliphatic heterocycles. The smallest absolute Gasteiger partial charge is 0.159 e. The van der Waals surface area contributed by atoms with E-state index in [9.17, 15) is 0 Å². The van der Waals surface area contributed by atoms with Crippen LogP contribution in [0.15, 0.2) is 180 Å². The molecular formula is C51H35NO. The second-order valence-electron chi connectivity index (χ2n) is 14.9. The summed E-state index contributed by atoms with van der Waals surface area (Å²) in [5, 5.41) is 9.63. The minimum Gasteiger partial charge on any atom is -0.454 e. The van der Waals surface area contributed by atoms with Crippen LogP contribution < -0.4 is 4.90 Å². The molecule has 0 unspecified atom stereocenters. The fraction of sp³-hybridized carbons (Fsp3) is 0.0588. The van der Waals surface area contributed by atoms with Crippen LogP contribution in [0.5, 0.6) is 0 Å². The van der Waals surface area contributed by atoms with Gasteiger partial charge in [0.25, 0.3) is 0 Å². The highest BCUT2D eigenvalue weighted by atomic mass is 16.3. The van der Waals surface area contributed by atoms with Crippen molar-refractivity contribution in [1.82, 2.24) is 0 Å². The van der Waals surface area contributed by atoms with E-state index in [0.29, 0.717) is 0 Å². The van der Waals surface area contributed by atoms with Gasteiger partial charge in [0, 0.05) is 27.4 Å². The minimum absolute atomic E-state index is 0.131. The Kier molecular flexibility index (Phi) is 6.33. The molecule has 11 rings (SSSR count). The van der Waals surface area contributed by atoms with Gasteiger partial charge in [0.05, 0.1) is 11.4 Å². The molecule has 53 heavy (non-hydrogen) atoms. The Bertz CT molecular complexity index is 3100. The first kappa shape index (κ1) is 30.0. The van der Waals surface area contributed by atoms with Crippen molar-refractivity contribution in [2.75, 3.05) is 4.90 Å². The van der Waals surface area contributed by atoms with E-state index in [-0.39, 0.29) is 5.41 Å². The first-order chi connectivity index (χ1) is 26.0. The lowest BCUT2D eigenvalue weighted by atomic mass is 9.82. The minimum atomic E-state index is -0.131. The van der Waals surface area contributed by atoms with Crippen molar-refractivity contribution in [3.63, 3.8) is 0 Å². The third-order valence-electron chi connectivity index (χ3n) is 11.6. The van der Waals surface area contributed by atoms with Gasteiger partial charge in [-0.15, -0.1) is 0 Å². The SMILES string of the molecule is CC1(C)c2ccc(N(c3ccc4ccccc4c3-c3cccc4ccccc34)c3cccc4c3oc3ccccc34)cc2-c2cc3ccccc3cc21. The maximum absolute atomic E-state index is 6.80. The lowest BCUT2D eigenvalue weighted by Gasteiger charge is -2.30. The van der Waals surface area contributed by atoms with Gasteiger partial charge in [-0.3, -0.25) is 0 Å². The van der Waals surface area contributed by atoms with Gasteiger partial charge in [-0.2, -0.15) is 0 Å². The fourth-order valence-electron chi connectivity index (χ4n) is 9.05. The van der Waals surface area contributed by atoms with Gasteiger partial charge >= 0.3 is 0 Å². The van der Waals surface area contributed by atoms with Crippen LogP contribution in [0.1, 0.15) is 25.0 Å². The first-order valence-corrected chi connectivity index (χ1v) is 18.4. The van der Waals surface area contributed by atoms with Crippen molar-refractivity contribution in [3.05, 3.63) is 187 Å². The number of furan rings is 1. The first-order valence-electron chi connectivity index (χ1n) is 18.4. The lowest BCUT2D eigenvalue weighted by molar-refractivity contribution is 0.661. The summed E-state index contributed by atoms with van der Waals surface area (Å²) in [4.78, 5) is 2.45. The summed E-state index contributed by atoms with van der Waals surface area (Å²) < 4.78 is 6.80. The predicted octanol–water partition coefficient (Wildman–Crippen LogP) is 14.5. The van der Waals surface area contributed by atoms with Gasteiger partial charge in [0.2, 0.25) is 0 Å². The summed E-state index contributed by atoms with van der Waals surface area (Å²) in [6, 6.07) is 64.3. The summed E-state index contributed by atoms with van der Waals surface area (Å²) in [6.07, 6.45) is 0. The number of fused-ring (bicyclic) bond motifs is 9. The van der Waals surface area contributed by atoms with Gasteiger partial charge in [0.1, 0.15) is 5.58 Å². The third kappa shape index (κ3) is 4.39. The largest absolute Gasteiger partial charge is 0.454 e. The van der Waals surface area contributed by atoms with E-state index in [1.54, 1.807) is 0 Å². The topological polar surface area (TPSA) is 16.4 Å². The van der Waals surface area contributed by atoms with Crippen LogP contribution in [0.25, 0.3) is 76.5 Å². The number of para-hydroxylation sites is 2. The summed E-state index contributed by atoms with van der Waals surface area (Å²) in [5.74, 6) is 0. The van der Waals surface area contributed by atoms with Crippen LogP contribution in [0.4, 0.5) is 17.1 Å². The van der Waals surface area contributed by atoms with Crippen molar-refractivity contribution in [1.29, 1.82) is 0 Å². The maximum Gasteiger partial charge on any atom is 0.159 e. The summed E-state index contributed by atoms with van der Waals surface area (Å²) in [5.41, 5.74) is 12.5. The molecule has 9 aromatic carbocycles. The van der Waals surface area contributed by atoms with E-state index in [1.165, 1.54) is 65.7 Å². The molecule has 2 nitrogen and oxygen atoms in total.